The first-order valence-corrected chi connectivity index (χ1v) is 12.0. The molecule has 0 radical (unpaired) electrons. The van der Waals surface area contributed by atoms with Crippen molar-refractivity contribution in [3.63, 3.8) is 0 Å². The lowest BCUT2D eigenvalue weighted by Crippen LogP contribution is -2.50. The average Bonchev–Trinajstić information content (AvgIpc) is 3.26. The molecule has 0 bridgehead atoms. The summed E-state index contributed by atoms with van der Waals surface area (Å²) in [5.74, 6) is 1.62. The summed E-state index contributed by atoms with van der Waals surface area (Å²) in [5, 5.41) is 4.89. The highest BCUT2D eigenvalue weighted by molar-refractivity contribution is 7.10. The molecule has 1 atom stereocenters. The minimum Gasteiger partial charge on any atom is -0.497 e. The van der Waals surface area contributed by atoms with Gasteiger partial charge in [-0.3, -0.25) is 4.79 Å². The van der Waals surface area contributed by atoms with E-state index in [0.29, 0.717) is 32.0 Å². The van der Waals surface area contributed by atoms with E-state index < -0.39 is 0 Å². The summed E-state index contributed by atoms with van der Waals surface area (Å²) in [5.41, 5.74) is 1.13. The zero-order chi connectivity index (χ0) is 23.1. The minimum absolute atomic E-state index is 0.0547. The van der Waals surface area contributed by atoms with Gasteiger partial charge < -0.3 is 24.6 Å². The first-order chi connectivity index (χ1) is 15.4. The second-order valence-electron chi connectivity index (χ2n) is 8.25. The highest BCUT2D eigenvalue weighted by Crippen LogP contribution is 2.34. The standard InChI is InChI=1S/C24H33N3O4S/c1-5-25-24(29)26(14-17(2)3)15-23(28)27-11-9-22-20(10-12-32-22)21(27)16-31-19-8-6-7-18(13-19)30-4/h6-8,10,12-13,17,21H,5,9,11,14-16H2,1-4H3,(H,25,29). The number of thiophene rings is 1. The highest BCUT2D eigenvalue weighted by atomic mass is 32.1. The molecule has 1 unspecified atom stereocenters. The number of ether oxygens (including phenoxy) is 2. The van der Waals surface area contributed by atoms with Crippen molar-refractivity contribution in [3.05, 3.63) is 46.2 Å². The van der Waals surface area contributed by atoms with Crippen LogP contribution in [0.3, 0.4) is 0 Å². The molecule has 1 aromatic heterocycles. The molecule has 7 nitrogen and oxygen atoms in total. The van der Waals surface area contributed by atoms with Gasteiger partial charge in [0.05, 0.1) is 13.2 Å². The van der Waals surface area contributed by atoms with Gasteiger partial charge in [-0.2, -0.15) is 0 Å². The molecule has 174 valence electrons. The second kappa shape index (κ2) is 11.2. The molecule has 32 heavy (non-hydrogen) atoms. The van der Waals surface area contributed by atoms with Crippen LogP contribution in [0.1, 0.15) is 37.3 Å². The van der Waals surface area contributed by atoms with Gasteiger partial charge in [0.2, 0.25) is 5.91 Å². The van der Waals surface area contributed by atoms with Crippen LogP contribution in [0.15, 0.2) is 35.7 Å². The molecular weight excluding hydrogens is 426 g/mol. The van der Waals surface area contributed by atoms with Crippen LogP contribution in [0.25, 0.3) is 0 Å². The number of nitrogens with zero attached hydrogens (tertiary/aromatic N) is 2. The number of hydrogen-bond acceptors (Lipinski definition) is 5. The van der Waals surface area contributed by atoms with Crippen molar-refractivity contribution in [1.82, 2.24) is 15.1 Å². The third kappa shape index (κ3) is 5.94. The van der Waals surface area contributed by atoms with Crippen LogP contribution >= 0.6 is 11.3 Å². The third-order valence-corrected chi connectivity index (χ3v) is 6.39. The Hall–Kier alpha value is -2.74. The third-order valence-electron chi connectivity index (χ3n) is 5.39. The van der Waals surface area contributed by atoms with Crippen LogP contribution in [-0.2, 0) is 11.2 Å². The molecule has 3 rings (SSSR count). The van der Waals surface area contributed by atoms with Crippen molar-refractivity contribution in [1.29, 1.82) is 0 Å². The zero-order valence-electron chi connectivity index (χ0n) is 19.3. The summed E-state index contributed by atoms with van der Waals surface area (Å²) in [6, 6.07) is 9.14. The Morgan fingerprint density at radius 3 is 2.78 bits per heavy atom. The average molecular weight is 460 g/mol. The number of amides is 3. The summed E-state index contributed by atoms with van der Waals surface area (Å²) in [4.78, 5) is 30.7. The molecule has 2 aromatic rings. The van der Waals surface area contributed by atoms with Crippen molar-refractivity contribution in [2.45, 2.75) is 33.2 Å². The second-order valence-corrected chi connectivity index (χ2v) is 9.25. The van der Waals surface area contributed by atoms with E-state index in [9.17, 15) is 9.59 Å². The molecule has 0 aliphatic carbocycles. The normalized spacial score (nSPS) is 15.3. The Morgan fingerprint density at radius 2 is 2.06 bits per heavy atom. The number of nitrogens with one attached hydrogen (secondary N) is 1. The monoisotopic (exact) mass is 459 g/mol. The van der Waals surface area contributed by atoms with E-state index in [2.05, 4.69) is 16.8 Å². The van der Waals surface area contributed by atoms with Gasteiger partial charge in [-0.25, -0.2) is 4.79 Å². The summed E-state index contributed by atoms with van der Waals surface area (Å²) in [7, 11) is 1.62. The molecule has 3 amide bonds. The Kier molecular flexibility index (Phi) is 8.39. The maximum absolute atomic E-state index is 13.4. The van der Waals surface area contributed by atoms with Crippen LogP contribution in [0.2, 0.25) is 0 Å². The van der Waals surface area contributed by atoms with Crippen LogP contribution < -0.4 is 14.8 Å². The lowest BCUT2D eigenvalue weighted by molar-refractivity contribution is -0.135. The topological polar surface area (TPSA) is 71.1 Å². The van der Waals surface area contributed by atoms with Crippen LogP contribution in [0.5, 0.6) is 11.5 Å². The number of carbonyl (C=O) groups is 2. The van der Waals surface area contributed by atoms with E-state index in [1.54, 1.807) is 23.3 Å². The van der Waals surface area contributed by atoms with E-state index in [1.165, 1.54) is 4.88 Å². The van der Waals surface area contributed by atoms with E-state index in [4.69, 9.17) is 9.47 Å². The van der Waals surface area contributed by atoms with E-state index in [1.807, 2.05) is 49.9 Å². The van der Waals surface area contributed by atoms with Crippen molar-refractivity contribution >= 4 is 23.3 Å². The first-order valence-electron chi connectivity index (χ1n) is 11.1. The van der Waals surface area contributed by atoms with Gasteiger partial charge in [0.15, 0.2) is 0 Å². The maximum Gasteiger partial charge on any atom is 0.317 e. The molecule has 0 spiro atoms. The number of fused-ring (bicyclic) bond motifs is 1. The van der Waals surface area contributed by atoms with Gasteiger partial charge in [0, 0.05) is 30.6 Å². The van der Waals surface area contributed by atoms with Gasteiger partial charge in [-0.1, -0.05) is 19.9 Å². The Bertz CT molecular complexity index is 914. The first kappa shape index (κ1) is 23.9. The van der Waals surface area contributed by atoms with Gasteiger partial charge in [-0.15, -0.1) is 11.3 Å². The quantitative estimate of drug-likeness (QED) is 0.616. The number of benzene rings is 1. The summed E-state index contributed by atoms with van der Waals surface area (Å²) in [6.45, 7) is 8.03. The number of carbonyl (C=O) groups excluding carboxylic acids is 2. The predicted molar refractivity (Wildman–Crippen MR) is 126 cm³/mol. The van der Waals surface area contributed by atoms with Crippen LogP contribution in [0, 0.1) is 5.92 Å². The van der Waals surface area contributed by atoms with Crippen molar-refractivity contribution < 1.29 is 19.1 Å². The molecule has 8 heteroatoms. The van der Waals surface area contributed by atoms with E-state index >= 15 is 0 Å². The smallest absolute Gasteiger partial charge is 0.317 e. The summed E-state index contributed by atoms with van der Waals surface area (Å²) < 4.78 is 11.4. The predicted octanol–water partition coefficient (Wildman–Crippen LogP) is 3.95. The number of rotatable bonds is 9. The van der Waals surface area contributed by atoms with Crippen molar-refractivity contribution in [3.8, 4) is 11.5 Å². The minimum atomic E-state index is -0.202. The molecule has 2 heterocycles. The van der Waals surface area contributed by atoms with Crippen molar-refractivity contribution in [2.75, 3.05) is 39.9 Å². The molecule has 0 saturated heterocycles. The number of hydrogen-bond donors (Lipinski definition) is 1. The molecule has 1 aliphatic heterocycles. The number of urea groups is 1. The molecule has 1 aliphatic rings. The number of methoxy groups -OCH3 is 1. The molecule has 1 aromatic carbocycles. The summed E-state index contributed by atoms with van der Waals surface area (Å²) in [6.07, 6.45) is 0.819. The molecule has 0 saturated carbocycles. The van der Waals surface area contributed by atoms with Crippen LogP contribution in [0.4, 0.5) is 4.79 Å². The fourth-order valence-electron chi connectivity index (χ4n) is 3.92. The van der Waals surface area contributed by atoms with E-state index in [0.717, 1.165) is 17.7 Å². The lowest BCUT2D eigenvalue weighted by Gasteiger charge is -2.37. The molecule has 0 fully saturated rings. The van der Waals surface area contributed by atoms with Crippen molar-refractivity contribution in [2.24, 2.45) is 5.92 Å². The van der Waals surface area contributed by atoms with Gasteiger partial charge >= 0.3 is 6.03 Å². The van der Waals surface area contributed by atoms with Gasteiger partial charge in [-0.05, 0) is 48.4 Å². The van der Waals surface area contributed by atoms with E-state index in [-0.39, 0.29) is 30.4 Å². The van der Waals surface area contributed by atoms with Gasteiger partial charge in [0.1, 0.15) is 24.7 Å². The fraction of sp³-hybridized carbons (Fsp3) is 0.500. The SMILES string of the molecule is CCNC(=O)N(CC(=O)N1CCc2sccc2C1COc1cccc(OC)c1)CC(C)C. The van der Waals surface area contributed by atoms with Gasteiger partial charge in [0.25, 0.3) is 0 Å². The lowest BCUT2D eigenvalue weighted by atomic mass is 10.0. The molecule has 1 N–H and O–H groups in total. The Morgan fingerprint density at radius 1 is 1.28 bits per heavy atom. The largest absolute Gasteiger partial charge is 0.497 e. The summed E-state index contributed by atoms with van der Waals surface area (Å²) >= 11 is 1.72. The highest BCUT2D eigenvalue weighted by Gasteiger charge is 2.33. The maximum atomic E-state index is 13.4. The zero-order valence-corrected chi connectivity index (χ0v) is 20.1. The molecular formula is C24H33N3O4S. The Balaban J connectivity index is 1.76. The Labute approximate surface area is 194 Å². The van der Waals surface area contributed by atoms with Crippen LogP contribution in [-0.4, -0.2) is 61.6 Å². The fourth-order valence-corrected chi connectivity index (χ4v) is 4.85.